The molecule has 0 spiro atoms. The van der Waals surface area contributed by atoms with Crippen LogP contribution in [0.1, 0.15) is 29.6 Å². The number of hydrogen-bond acceptors (Lipinski definition) is 5. The Morgan fingerprint density at radius 2 is 2.07 bits per heavy atom. The number of nitrogens with zero attached hydrogens (tertiary/aromatic N) is 2. The van der Waals surface area contributed by atoms with Gasteiger partial charge in [-0.1, -0.05) is 34.0 Å². The summed E-state index contributed by atoms with van der Waals surface area (Å²) in [4.78, 5) is 27.0. The number of aromatic nitrogens is 1. The van der Waals surface area contributed by atoms with Crippen molar-refractivity contribution in [3.63, 3.8) is 0 Å². The number of nitrogens with one attached hydrogen (secondary N) is 2. The van der Waals surface area contributed by atoms with Crippen molar-refractivity contribution in [1.82, 2.24) is 14.8 Å². The van der Waals surface area contributed by atoms with E-state index in [0.29, 0.717) is 22.0 Å². The Morgan fingerprint density at radius 1 is 1.30 bits per heavy atom. The van der Waals surface area contributed by atoms with Gasteiger partial charge in [0, 0.05) is 29.8 Å². The van der Waals surface area contributed by atoms with Crippen molar-refractivity contribution >= 4 is 44.8 Å². The molecule has 2 saturated heterocycles. The highest BCUT2D eigenvalue weighted by Gasteiger charge is 2.49. The normalized spacial score (nSPS) is 20.5. The lowest BCUT2D eigenvalue weighted by atomic mass is 9.81. The summed E-state index contributed by atoms with van der Waals surface area (Å²) < 4.78 is 2.20. The van der Waals surface area contributed by atoms with Crippen LogP contribution in [-0.4, -0.2) is 51.8 Å². The zero-order chi connectivity index (χ0) is 21.5. The van der Waals surface area contributed by atoms with Crippen LogP contribution in [0, 0.1) is 0 Å². The Kier molecular flexibility index (Phi) is 5.94. The van der Waals surface area contributed by atoms with E-state index < -0.39 is 5.60 Å². The molecule has 1 atom stereocenters. The molecular weight excluding hydrogens is 472 g/mol. The molecule has 1 unspecified atom stereocenters. The third kappa shape index (κ3) is 4.14. The van der Waals surface area contributed by atoms with Crippen LogP contribution < -0.4 is 16.2 Å². The van der Waals surface area contributed by atoms with Crippen LogP contribution in [0.15, 0.2) is 39.7 Å². The number of anilines is 2. The van der Waals surface area contributed by atoms with E-state index >= 15 is 0 Å². The van der Waals surface area contributed by atoms with E-state index in [2.05, 4.69) is 26.6 Å². The van der Waals surface area contributed by atoms with Crippen LogP contribution in [0.5, 0.6) is 0 Å². The largest absolute Gasteiger partial charge is 0.385 e. The maximum Gasteiger partial charge on any atom is 0.257 e. The SMILES string of the molecule is Cn1cc(C(=O)N2CC(O)(C3CCCCN3)C2)c(Nc2ccc(Br)cc2Cl)cc1=O. The fraction of sp³-hybridized carbons (Fsp3) is 0.429. The molecule has 0 saturated carbocycles. The highest BCUT2D eigenvalue weighted by molar-refractivity contribution is 9.10. The molecule has 0 bridgehead atoms. The monoisotopic (exact) mass is 494 g/mol. The van der Waals surface area contributed by atoms with Gasteiger partial charge >= 0.3 is 0 Å². The first kappa shape index (κ1) is 21.4. The number of carbonyl (C=O) groups is 1. The Morgan fingerprint density at radius 3 is 2.73 bits per heavy atom. The van der Waals surface area contributed by atoms with E-state index in [1.54, 1.807) is 24.1 Å². The first-order chi connectivity index (χ1) is 14.3. The molecule has 3 N–H and O–H groups in total. The molecule has 30 heavy (non-hydrogen) atoms. The minimum absolute atomic E-state index is 0.00889. The van der Waals surface area contributed by atoms with Crippen molar-refractivity contribution in [2.75, 3.05) is 25.0 Å². The van der Waals surface area contributed by atoms with Gasteiger partial charge in [0.05, 0.1) is 35.1 Å². The van der Waals surface area contributed by atoms with Gasteiger partial charge in [-0.05, 0) is 37.6 Å². The highest BCUT2D eigenvalue weighted by atomic mass is 79.9. The number of halogens is 2. The van der Waals surface area contributed by atoms with Gasteiger partial charge in [-0.3, -0.25) is 9.59 Å². The van der Waals surface area contributed by atoms with Crippen LogP contribution in [0.4, 0.5) is 11.4 Å². The van der Waals surface area contributed by atoms with Crippen molar-refractivity contribution in [2.45, 2.75) is 30.9 Å². The lowest BCUT2D eigenvalue weighted by molar-refractivity contribution is -0.108. The summed E-state index contributed by atoms with van der Waals surface area (Å²) in [5, 5.41) is 17.9. The maximum absolute atomic E-state index is 13.2. The number of amides is 1. The third-order valence-electron chi connectivity index (χ3n) is 5.83. The van der Waals surface area contributed by atoms with E-state index in [0.717, 1.165) is 30.3 Å². The molecule has 1 aromatic carbocycles. The van der Waals surface area contributed by atoms with Gasteiger partial charge in [0.25, 0.3) is 11.5 Å². The zero-order valence-electron chi connectivity index (χ0n) is 16.6. The second-order valence-electron chi connectivity index (χ2n) is 8.07. The molecule has 2 aliphatic rings. The van der Waals surface area contributed by atoms with Crippen LogP contribution in [0.2, 0.25) is 5.02 Å². The fourth-order valence-electron chi connectivity index (χ4n) is 4.10. The van der Waals surface area contributed by atoms with Crippen molar-refractivity contribution in [3.8, 4) is 0 Å². The van der Waals surface area contributed by atoms with Crippen LogP contribution >= 0.6 is 27.5 Å². The van der Waals surface area contributed by atoms with E-state index in [9.17, 15) is 14.7 Å². The summed E-state index contributed by atoms with van der Waals surface area (Å²) in [6, 6.07) is 6.73. The Hall–Kier alpha value is -1.87. The molecular formula is C21H24BrClN4O3. The Labute approximate surface area is 188 Å². The lowest BCUT2D eigenvalue weighted by Gasteiger charge is -2.51. The average Bonchev–Trinajstić information content (AvgIpc) is 2.70. The number of piperidine rings is 1. The van der Waals surface area contributed by atoms with Gasteiger partial charge in [-0.2, -0.15) is 0 Å². The molecule has 2 aromatic rings. The third-order valence-corrected chi connectivity index (χ3v) is 6.64. The van der Waals surface area contributed by atoms with Crippen LogP contribution in [-0.2, 0) is 7.05 Å². The van der Waals surface area contributed by atoms with E-state index in [4.69, 9.17) is 11.6 Å². The second kappa shape index (κ2) is 8.34. The van der Waals surface area contributed by atoms with Crippen molar-refractivity contribution in [3.05, 3.63) is 55.9 Å². The Balaban J connectivity index is 1.57. The summed E-state index contributed by atoms with van der Waals surface area (Å²) in [7, 11) is 1.61. The van der Waals surface area contributed by atoms with Crippen LogP contribution in [0.25, 0.3) is 0 Å². The van der Waals surface area contributed by atoms with Gasteiger partial charge in [-0.25, -0.2) is 0 Å². The van der Waals surface area contributed by atoms with Gasteiger partial charge in [0.2, 0.25) is 0 Å². The maximum atomic E-state index is 13.2. The zero-order valence-corrected chi connectivity index (χ0v) is 19.0. The minimum Gasteiger partial charge on any atom is -0.385 e. The predicted octanol–water partition coefficient (Wildman–Crippen LogP) is 2.87. The number of likely N-dealkylation sites (tertiary alicyclic amines) is 1. The van der Waals surface area contributed by atoms with Gasteiger partial charge in [0.1, 0.15) is 5.60 Å². The summed E-state index contributed by atoms with van der Waals surface area (Å²) in [6.45, 7) is 1.43. The summed E-state index contributed by atoms with van der Waals surface area (Å²) in [5.74, 6) is -0.234. The number of β-amino-alcohol motifs (C(OH)–C–C–N with tert-alkyl or cyclic N) is 1. The topological polar surface area (TPSA) is 86.6 Å². The molecule has 4 rings (SSSR count). The van der Waals surface area contributed by atoms with E-state index in [1.165, 1.54) is 16.8 Å². The smallest absolute Gasteiger partial charge is 0.257 e. The molecule has 160 valence electrons. The molecule has 3 heterocycles. The molecule has 7 nitrogen and oxygen atoms in total. The minimum atomic E-state index is -0.903. The molecule has 2 fully saturated rings. The van der Waals surface area contributed by atoms with Gasteiger partial charge < -0.3 is 25.2 Å². The first-order valence-electron chi connectivity index (χ1n) is 9.95. The summed E-state index contributed by atoms with van der Waals surface area (Å²) in [5.41, 5.74) is 0.190. The molecule has 2 aliphatic heterocycles. The second-order valence-corrected chi connectivity index (χ2v) is 9.39. The highest BCUT2D eigenvalue weighted by Crippen LogP contribution is 2.33. The molecule has 0 aliphatic carbocycles. The molecule has 1 amide bonds. The number of benzene rings is 1. The molecule has 1 aromatic heterocycles. The fourth-order valence-corrected chi connectivity index (χ4v) is 4.82. The number of aliphatic hydroxyl groups is 1. The van der Waals surface area contributed by atoms with E-state index in [1.807, 2.05) is 6.07 Å². The summed E-state index contributed by atoms with van der Waals surface area (Å²) in [6.07, 6.45) is 4.63. The van der Waals surface area contributed by atoms with Crippen molar-refractivity contribution in [1.29, 1.82) is 0 Å². The quantitative estimate of drug-likeness (QED) is 0.607. The number of carbonyl (C=O) groups excluding carboxylic acids is 1. The first-order valence-corrected chi connectivity index (χ1v) is 11.1. The lowest BCUT2D eigenvalue weighted by Crippen LogP contribution is -2.72. The van der Waals surface area contributed by atoms with Crippen molar-refractivity contribution in [2.24, 2.45) is 7.05 Å². The summed E-state index contributed by atoms with van der Waals surface area (Å²) >= 11 is 9.66. The number of rotatable bonds is 4. The average molecular weight is 496 g/mol. The number of aryl methyl sites for hydroxylation is 1. The molecule has 0 radical (unpaired) electrons. The van der Waals surface area contributed by atoms with E-state index in [-0.39, 0.29) is 30.6 Å². The van der Waals surface area contributed by atoms with Gasteiger partial charge in [-0.15, -0.1) is 0 Å². The number of hydrogen-bond donors (Lipinski definition) is 3. The van der Waals surface area contributed by atoms with Crippen LogP contribution in [0.3, 0.4) is 0 Å². The Bertz CT molecular complexity index is 1030. The standard InChI is InChI=1S/C21H24BrClN4O3/c1-26-10-14(17(9-19(26)28)25-16-6-5-13(22)8-15(16)23)20(29)27-11-21(30,12-27)18-4-2-3-7-24-18/h5-6,8-10,18,24-25,30H,2-4,7,11-12H2,1H3. The number of pyridine rings is 1. The van der Waals surface area contributed by atoms with Crippen molar-refractivity contribution < 1.29 is 9.90 Å². The molecule has 9 heteroatoms. The predicted molar refractivity (Wildman–Crippen MR) is 121 cm³/mol. The van der Waals surface area contributed by atoms with Gasteiger partial charge in [0.15, 0.2) is 0 Å².